The third-order valence-electron chi connectivity index (χ3n) is 3.09. The molecule has 0 aliphatic carbocycles. The molecule has 0 spiro atoms. The first-order valence-electron chi connectivity index (χ1n) is 6.58. The van der Waals surface area contributed by atoms with Crippen molar-refractivity contribution in [2.75, 3.05) is 5.32 Å². The zero-order valence-electron chi connectivity index (χ0n) is 11.8. The second-order valence-corrected chi connectivity index (χ2v) is 4.78. The summed E-state index contributed by atoms with van der Waals surface area (Å²) in [6.07, 6.45) is 3.24. The maximum atomic E-state index is 12.2. The average Bonchev–Trinajstić information content (AvgIpc) is 3.08. The van der Waals surface area contributed by atoms with E-state index in [2.05, 4.69) is 20.4 Å². The Morgan fingerprint density at radius 1 is 1.29 bits per heavy atom. The summed E-state index contributed by atoms with van der Waals surface area (Å²) in [5, 5.41) is 7.12. The maximum absolute atomic E-state index is 12.2. The van der Waals surface area contributed by atoms with Gasteiger partial charge in [-0.2, -0.15) is 5.10 Å². The van der Waals surface area contributed by atoms with Gasteiger partial charge in [0.1, 0.15) is 0 Å². The number of amides is 1. The Bertz CT molecular complexity index is 773. The van der Waals surface area contributed by atoms with Gasteiger partial charge in [-0.3, -0.25) is 10.1 Å². The first-order chi connectivity index (χ1) is 10.1. The zero-order valence-corrected chi connectivity index (χ0v) is 11.8. The molecule has 106 valence electrons. The SMILES string of the molecule is Cc1cc(C)n(-c2cccc(C(=O)Nc3ncc[nH]3)c2)n1. The van der Waals surface area contributed by atoms with Gasteiger partial charge in [0.15, 0.2) is 0 Å². The number of nitrogens with zero attached hydrogens (tertiary/aromatic N) is 3. The summed E-state index contributed by atoms with van der Waals surface area (Å²) in [7, 11) is 0. The molecule has 0 saturated heterocycles. The largest absolute Gasteiger partial charge is 0.331 e. The van der Waals surface area contributed by atoms with Crippen molar-refractivity contribution in [3.05, 3.63) is 59.7 Å². The molecule has 21 heavy (non-hydrogen) atoms. The van der Waals surface area contributed by atoms with E-state index >= 15 is 0 Å². The van der Waals surface area contributed by atoms with Crippen LogP contribution in [0.1, 0.15) is 21.7 Å². The van der Waals surface area contributed by atoms with Crippen LogP contribution in [0.2, 0.25) is 0 Å². The number of aryl methyl sites for hydroxylation is 2. The van der Waals surface area contributed by atoms with Gasteiger partial charge in [0, 0.05) is 23.7 Å². The van der Waals surface area contributed by atoms with Gasteiger partial charge < -0.3 is 4.98 Å². The van der Waals surface area contributed by atoms with E-state index in [1.807, 2.05) is 36.7 Å². The van der Waals surface area contributed by atoms with Crippen molar-refractivity contribution in [3.63, 3.8) is 0 Å². The van der Waals surface area contributed by atoms with E-state index in [9.17, 15) is 4.79 Å². The minimum Gasteiger partial charge on any atom is -0.331 e. The lowest BCUT2D eigenvalue weighted by atomic mass is 10.2. The van der Waals surface area contributed by atoms with E-state index in [-0.39, 0.29) is 5.91 Å². The van der Waals surface area contributed by atoms with Crippen molar-refractivity contribution >= 4 is 11.9 Å². The number of anilines is 1. The van der Waals surface area contributed by atoms with Crippen LogP contribution in [0.3, 0.4) is 0 Å². The molecule has 0 radical (unpaired) electrons. The predicted octanol–water partition coefficient (Wildman–Crippen LogP) is 2.46. The molecule has 1 aromatic carbocycles. The van der Waals surface area contributed by atoms with Crippen LogP contribution in [-0.4, -0.2) is 25.7 Å². The number of aromatic nitrogens is 4. The van der Waals surface area contributed by atoms with E-state index in [4.69, 9.17) is 0 Å². The summed E-state index contributed by atoms with van der Waals surface area (Å²) in [6.45, 7) is 3.92. The summed E-state index contributed by atoms with van der Waals surface area (Å²) in [4.78, 5) is 19.0. The van der Waals surface area contributed by atoms with Crippen LogP contribution in [0.25, 0.3) is 5.69 Å². The van der Waals surface area contributed by atoms with Gasteiger partial charge >= 0.3 is 0 Å². The van der Waals surface area contributed by atoms with Crippen LogP contribution in [0, 0.1) is 13.8 Å². The smallest absolute Gasteiger partial charge is 0.258 e. The number of benzene rings is 1. The Morgan fingerprint density at radius 2 is 2.14 bits per heavy atom. The highest BCUT2D eigenvalue weighted by molar-refractivity contribution is 6.03. The molecule has 0 unspecified atom stereocenters. The Morgan fingerprint density at radius 3 is 2.81 bits per heavy atom. The summed E-state index contributed by atoms with van der Waals surface area (Å²) >= 11 is 0. The number of nitrogens with one attached hydrogen (secondary N) is 2. The lowest BCUT2D eigenvalue weighted by molar-refractivity contribution is 0.102. The molecule has 2 aromatic heterocycles. The minimum atomic E-state index is -0.215. The number of hydrogen-bond donors (Lipinski definition) is 2. The third kappa shape index (κ3) is 2.69. The molecular weight excluding hydrogens is 266 g/mol. The number of carbonyl (C=O) groups is 1. The van der Waals surface area contributed by atoms with Gasteiger partial charge in [-0.25, -0.2) is 9.67 Å². The second kappa shape index (κ2) is 5.24. The zero-order chi connectivity index (χ0) is 14.8. The van der Waals surface area contributed by atoms with Crippen LogP contribution in [-0.2, 0) is 0 Å². The van der Waals surface area contributed by atoms with Gasteiger partial charge in [0.25, 0.3) is 5.91 Å². The third-order valence-corrected chi connectivity index (χ3v) is 3.09. The van der Waals surface area contributed by atoms with Crippen LogP contribution in [0.4, 0.5) is 5.95 Å². The van der Waals surface area contributed by atoms with E-state index in [1.54, 1.807) is 24.5 Å². The van der Waals surface area contributed by atoms with E-state index < -0.39 is 0 Å². The maximum Gasteiger partial charge on any atom is 0.258 e. The molecule has 0 aliphatic heterocycles. The van der Waals surface area contributed by atoms with Gasteiger partial charge in [-0.1, -0.05) is 6.07 Å². The van der Waals surface area contributed by atoms with Crippen molar-refractivity contribution in [2.24, 2.45) is 0 Å². The van der Waals surface area contributed by atoms with Gasteiger partial charge in [-0.05, 0) is 38.1 Å². The van der Waals surface area contributed by atoms with Crippen LogP contribution in [0.5, 0.6) is 0 Å². The number of rotatable bonds is 3. The summed E-state index contributed by atoms with van der Waals surface area (Å²) in [5.74, 6) is 0.213. The summed E-state index contributed by atoms with van der Waals surface area (Å²) in [5.41, 5.74) is 3.37. The van der Waals surface area contributed by atoms with Crippen LogP contribution in [0.15, 0.2) is 42.7 Å². The fourth-order valence-electron chi connectivity index (χ4n) is 2.18. The number of aromatic amines is 1. The van der Waals surface area contributed by atoms with E-state index in [0.29, 0.717) is 11.5 Å². The molecule has 0 fully saturated rings. The van der Waals surface area contributed by atoms with Crippen molar-refractivity contribution in [2.45, 2.75) is 13.8 Å². The van der Waals surface area contributed by atoms with Crippen molar-refractivity contribution < 1.29 is 4.79 Å². The van der Waals surface area contributed by atoms with E-state index in [0.717, 1.165) is 17.1 Å². The van der Waals surface area contributed by atoms with Crippen molar-refractivity contribution in [1.82, 2.24) is 19.7 Å². The fourth-order valence-corrected chi connectivity index (χ4v) is 2.18. The molecule has 6 heteroatoms. The molecule has 3 aromatic rings. The second-order valence-electron chi connectivity index (χ2n) is 4.78. The highest BCUT2D eigenvalue weighted by atomic mass is 16.1. The van der Waals surface area contributed by atoms with Crippen LogP contribution < -0.4 is 5.32 Å². The molecule has 2 N–H and O–H groups in total. The molecule has 2 heterocycles. The van der Waals surface area contributed by atoms with E-state index in [1.165, 1.54) is 0 Å². The molecule has 1 amide bonds. The Labute approximate surface area is 121 Å². The Kier molecular flexibility index (Phi) is 3.27. The fraction of sp³-hybridized carbons (Fsp3) is 0.133. The van der Waals surface area contributed by atoms with Crippen molar-refractivity contribution in [1.29, 1.82) is 0 Å². The first-order valence-corrected chi connectivity index (χ1v) is 6.58. The highest BCUT2D eigenvalue weighted by Gasteiger charge is 2.10. The van der Waals surface area contributed by atoms with Gasteiger partial charge in [0.05, 0.1) is 11.4 Å². The predicted molar refractivity (Wildman–Crippen MR) is 79.6 cm³/mol. The molecule has 0 saturated carbocycles. The number of imidazole rings is 1. The summed E-state index contributed by atoms with van der Waals surface area (Å²) in [6, 6.07) is 9.31. The number of carbonyl (C=O) groups excluding carboxylic acids is 1. The van der Waals surface area contributed by atoms with Gasteiger partial charge in [0.2, 0.25) is 5.95 Å². The molecule has 0 atom stereocenters. The monoisotopic (exact) mass is 281 g/mol. The lowest BCUT2D eigenvalue weighted by Gasteiger charge is -2.07. The normalized spacial score (nSPS) is 10.6. The summed E-state index contributed by atoms with van der Waals surface area (Å²) < 4.78 is 1.82. The number of H-pyrrole nitrogens is 1. The van der Waals surface area contributed by atoms with Crippen LogP contribution >= 0.6 is 0 Å². The standard InChI is InChI=1S/C15H15N5O/c1-10-8-11(2)20(19-10)13-5-3-4-12(9-13)14(21)18-15-16-6-7-17-15/h3-9H,1-2H3,(H2,16,17,18,21). The minimum absolute atomic E-state index is 0.215. The molecule has 6 nitrogen and oxygen atoms in total. The molecule has 3 rings (SSSR count). The average molecular weight is 281 g/mol. The Balaban J connectivity index is 1.89. The molecular formula is C15H15N5O. The number of hydrogen-bond acceptors (Lipinski definition) is 3. The molecule has 0 bridgehead atoms. The highest BCUT2D eigenvalue weighted by Crippen LogP contribution is 2.14. The van der Waals surface area contributed by atoms with Crippen molar-refractivity contribution in [3.8, 4) is 5.69 Å². The van der Waals surface area contributed by atoms with Gasteiger partial charge in [-0.15, -0.1) is 0 Å². The topological polar surface area (TPSA) is 75.6 Å². The lowest BCUT2D eigenvalue weighted by Crippen LogP contribution is -2.13. The Hall–Kier alpha value is -2.89. The first kappa shape index (κ1) is 13.1. The quantitative estimate of drug-likeness (QED) is 0.774. The molecule has 0 aliphatic rings.